The maximum absolute atomic E-state index is 10.7. The molecule has 1 aromatic rings. The van der Waals surface area contributed by atoms with Crippen molar-refractivity contribution < 1.29 is 14.6 Å². The second kappa shape index (κ2) is 6.06. The molecule has 1 aromatic carbocycles. The highest BCUT2D eigenvalue weighted by atomic mass is 16.5. The Morgan fingerprint density at radius 1 is 1.37 bits per heavy atom. The van der Waals surface area contributed by atoms with Gasteiger partial charge in [0.2, 0.25) is 0 Å². The molecule has 1 aliphatic heterocycles. The van der Waals surface area contributed by atoms with Gasteiger partial charge in [0.05, 0.1) is 12.5 Å². The number of hydrogen-bond donors (Lipinski definition) is 1. The van der Waals surface area contributed by atoms with E-state index < -0.39 is 5.97 Å². The first-order chi connectivity index (χ1) is 9.04. The lowest BCUT2D eigenvalue weighted by molar-refractivity contribution is -0.147. The largest absolute Gasteiger partial charge is 0.493 e. The van der Waals surface area contributed by atoms with Crippen molar-refractivity contribution in [3.63, 3.8) is 0 Å². The average molecular weight is 263 g/mol. The van der Waals surface area contributed by atoms with Gasteiger partial charge in [-0.25, -0.2) is 0 Å². The molecule has 1 N–H and O–H groups in total. The van der Waals surface area contributed by atoms with Gasteiger partial charge in [0.25, 0.3) is 0 Å². The number of likely N-dealkylation sites (tertiary alicyclic amines) is 1. The molecule has 4 nitrogen and oxygen atoms in total. The number of carboxylic acid groups (broad SMARTS) is 1. The average Bonchev–Trinajstić information content (AvgIpc) is 2.31. The monoisotopic (exact) mass is 263 g/mol. The van der Waals surface area contributed by atoms with E-state index in [1.165, 1.54) is 5.56 Å². The summed E-state index contributed by atoms with van der Waals surface area (Å²) in [6.07, 6.45) is 0. The number of ether oxygens (including phenoxy) is 1. The Labute approximate surface area is 114 Å². The Kier molecular flexibility index (Phi) is 4.43. The van der Waals surface area contributed by atoms with E-state index in [1.54, 1.807) is 0 Å². The molecule has 1 fully saturated rings. The topological polar surface area (TPSA) is 49.8 Å². The van der Waals surface area contributed by atoms with Crippen LogP contribution < -0.4 is 4.74 Å². The molecule has 0 spiro atoms. The number of benzene rings is 1. The maximum Gasteiger partial charge on any atom is 0.309 e. The molecule has 0 radical (unpaired) electrons. The third kappa shape index (κ3) is 3.96. The molecular formula is C15H21NO3. The molecule has 0 amide bonds. The molecular weight excluding hydrogens is 242 g/mol. The van der Waals surface area contributed by atoms with Crippen molar-refractivity contribution in [2.24, 2.45) is 11.8 Å². The maximum atomic E-state index is 10.7. The predicted molar refractivity (Wildman–Crippen MR) is 73.2 cm³/mol. The lowest BCUT2D eigenvalue weighted by Gasteiger charge is -2.36. The van der Waals surface area contributed by atoms with Crippen molar-refractivity contribution in [1.82, 2.24) is 4.90 Å². The zero-order valence-corrected chi connectivity index (χ0v) is 11.5. The van der Waals surface area contributed by atoms with Gasteiger partial charge in [0.15, 0.2) is 0 Å². The lowest BCUT2D eigenvalue weighted by atomic mass is 10.00. The van der Waals surface area contributed by atoms with Crippen LogP contribution in [0.1, 0.15) is 19.4 Å². The van der Waals surface area contributed by atoms with Crippen LogP contribution in [0.2, 0.25) is 0 Å². The second-order valence-electron chi connectivity index (χ2n) is 5.58. The molecule has 1 saturated heterocycles. The summed E-state index contributed by atoms with van der Waals surface area (Å²) in [6, 6.07) is 8.05. The van der Waals surface area contributed by atoms with E-state index in [0.29, 0.717) is 19.0 Å². The third-order valence-electron chi connectivity index (χ3n) is 3.22. The van der Waals surface area contributed by atoms with Crippen LogP contribution in [0.4, 0.5) is 0 Å². The van der Waals surface area contributed by atoms with Gasteiger partial charge in [-0.2, -0.15) is 0 Å². The van der Waals surface area contributed by atoms with Crippen LogP contribution in [-0.2, 0) is 11.3 Å². The molecule has 2 rings (SSSR count). The van der Waals surface area contributed by atoms with E-state index >= 15 is 0 Å². The first-order valence-corrected chi connectivity index (χ1v) is 6.71. The molecule has 1 aliphatic rings. The van der Waals surface area contributed by atoms with Gasteiger partial charge in [0, 0.05) is 19.6 Å². The minimum absolute atomic E-state index is 0.186. The number of aliphatic carboxylic acids is 1. The summed E-state index contributed by atoms with van der Waals surface area (Å²) in [5, 5.41) is 8.81. The lowest BCUT2D eigenvalue weighted by Crippen LogP contribution is -2.49. The van der Waals surface area contributed by atoms with Crippen LogP contribution in [0.15, 0.2) is 24.3 Å². The molecule has 1 heterocycles. The van der Waals surface area contributed by atoms with Gasteiger partial charge in [-0.15, -0.1) is 0 Å². The third-order valence-corrected chi connectivity index (χ3v) is 3.22. The molecule has 19 heavy (non-hydrogen) atoms. The van der Waals surface area contributed by atoms with Gasteiger partial charge < -0.3 is 9.84 Å². The van der Waals surface area contributed by atoms with Gasteiger partial charge >= 0.3 is 5.97 Å². The highest BCUT2D eigenvalue weighted by Crippen LogP contribution is 2.20. The highest BCUT2D eigenvalue weighted by molar-refractivity contribution is 5.71. The minimum Gasteiger partial charge on any atom is -0.493 e. The smallest absolute Gasteiger partial charge is 0.309 e. The summed E-state index contributed by atoms with van der Waals surface area (Å²) in [6.45, 7) is 7.09. The fraction of sp³-hybridized carbons (Fsp3) is 0.533. The van der Waals surface area contributed by atoms with Crippen molar-refractivity contribution in [2.75, 3.05) is 19.7 Å². The first-order valence-electron chi connectivity index (χ1n) is 6.71. The highest BCUT2D eigenvalue weighted by Gasteiger charge is 2.31. The number of rotatable bonds is 6. The summed E-state index contributed by atoms with van der Waals surface area (Å²) >= 11 is 0. The standard InChI is InChI=1S/C15H21NO3/c1-11(2)10-19-14-5-3-12(4-6-14)7-16-8-13(9-16)15(17)18/h3-6,11,13H,7-10H2,1-2H3,(H,17,18). The SMILES string of the molecule is CC(C)COc1ccc(CN2CC(C(=O)O)C2)cc1. The van der Waals surface area contributed by atoms with E-state index in [0.717, 1.165) is 18.9 Å². The summed E-state index contributed by atoms with van der Waals surface area (Å²) < 4.78 is 5.62. The van der Waals surface area contributed by atoms with E-state index in [-0.39, 0.29) is 5.92 Å². The van der Waals surface area contributed by atoms with Crippen LogP contribution in [0.25, 0.3) is 0 Å². The van der Waals surface area contributed by atoms with Gasteiger partial charge in [-0.1, -0.05) is 26.0 Å². The molecule has 0 bridgehead atoms. The number of nitrogens with zero attached hydrogens (tertiary/aromatic N) is 1. The first kappa shape index (κ1) is 13.9. The fourth-order valence-electron chi connectivity index (χ4n) is 2.07. The molecule has 104 valence electrons. The van der Waals surface area contributed by atoms with E-state index in [9.17, 15) is 4.79 Å². The summed E-state index contributed by atoms with van der Waals surface area (Å²) in [7, 11) is 0. The Morgan fingerprint density at radius 2 is 2.00 bits per heavy atom. The quantitative estimate of drug-likeness (QED) is 0.855. The Morgan fingerprint density at radius 3 is 2.53 bits per heavy atom. The predicted octanol–water partition coefficient (Wildman–Crippen LogP) is 2.24. The van der Waals surface area contributed by atoms with E-state index in [1.807, 2.05) is 24.3 Å². The van der Waals surface area contributed by atoms with Crippen LogP contribution in [0.5, 0.6) is 5.75 Å². The number of carbonyl (C=O) groups is 1. The zero-order chi connectivity index (χ0) is 13.8. The van der Waals surface area contributed by atoms with Crippen molar-refractivity contribution in [1.29, 1.82) is 0 Å². The number of carboxylic acids is 1. The molecule has 0 saturated carbocycles. The van der Waals surface area contributed by atoms with Gasteiger partial charge in [0.1, 0.15) is 5.75 Å². The fourth-order valence-corrected chi connectivity index (χ4v) is 2.07. The van der Waals surface area contributed by atoms with Gasteiger partial charge in [-0.05, 0) is 23.6 Å². The van der Waals surface area contributed by atoms with Crippen molar-refractivity contribution in [3.05, 3.63) is 29.8 Å². The molecule has 0 unspecified atom stereocenters. The van der Waals surface area contributed by atoms with Crippen molar-refractivity contribution in [3.8, 4) is 5.75 Å². The zero-order valence-electron chi connectivity index (χ0n) is 11.5. The van der Waals surface area contributed by atoms with Crippen molar-refractivity contribution >= 4 is 5.97 Å². The van der Waals surface area contributed by atoms with Crippen LogP contribution in [-0.4, -0.2) is 35.7 Å². The summed E-state index contributed by atoms with van der Waals surface area (Å²) in [5.41, 5.74) is 1.20. The Hall–Kier alpha value is -1.55. The van der Waals surface area contributed by atoms with E-state index in [4.69, 9.17) is 9.84 Å². The molecule has 0 atom stereocenters. The molecule has 0 aromatic heterocycles. The summed E-state index contributed by atoms with van der Waals surface area (Å²) in [4.78, 5) is 12.8. The van der Waals surface area contributed by atoms with Crippen LogP contribution >= 0.6 is 0 Å². The Balaban J connectivity index is 1.78. The second-order valence-corrected chi connectivity index (χ2v) is 5.58. The van der Waals surface area contributed by atoms with E-state index in [2.05, 4.69) is 18.7 Å². The molecule has 0 aliphatic carbocycles. The summed E-state index contributed by atoms with van der Waals surface area (Å²) in [5.74, 6) is 0.542. The molecule has 4 heteroatoms. The minimum atomic E-state index is -0.686. The normalized spacial score (nSPS) is 16.4. The van der Waals surface area contributed by atoms with Crippen LogP contribution in [0, 0.1) is 11.8 Å². The van der Waals surface area contributed by atoms with Gasteiger partial charge in [-0.3, -0.25) is 9.69 Å². The van der Waals surface area contributed by atoms with Crippen molar-refractivity contribution in [2.45, 2.75) is 20.4 Å². The number of hydrogen-bond acceptors (Lipinski definition) is 3. The Bertz CT molecular complexity index is 422. The van der Waals surface area contributed by atoms with Crippen LogP contribution in [0.3, 0.4) is 0 Å².